The monoisotopic (exact) mass is 418 g/mol. The first-order valence-corrected chi connectivity index (χ1v) is 9.09. The standard InChI is InChI=1S/C16H20ClIN2O/c17-12-5-6-15(18)14(11-12)16(21)20-9-7-19(8-10-20)13-3-1-2-4-13/h5-6,11,13H,1-4,7-10H2. The van der Waals surface area contributed by atoms with E-state index >= 15 is 0 Å². The van der Waals surface area contributed by atoms with E-state index in [0.717, 1.165) is 41.4 Å². The van der Waals surface area contributed by atoms with Crippen LogP contribution in [0.5, 0.6) is 0 Å². The Morgan fingerprint density at radius 1 is 1.14 bits per heavy atom. The lowest BCUT2D eigenvalue weighted by Gasteiger charge is -2.38. The summed E-state index contributed by atoms with van der Waals surface area (Å²) in [5, 5.41) is 0.628. The second-order valence-electron chi connectivity index (χ2n) is 5.89. The van der Waals surface area contributed by atoms with Crippen molar-refractivity contribution >= 4 is 40.1 Å². The number of amides is 1. The molecule has 1 amide bonds. The van der Waals surface area contributed by atoms with Gasteiger partial charge in [0.2, 0.25) is 0 Å². The smallest absolute Gasteiger partial charge is 0.255 e. The number of nitrogens with zero attached hydrogens (tertiary/aromatic N) is 2. The summed E-state index contributed by atoms with van der Waals surface area (Å²) >= 11 is 8.23. The van der Waals surface area contributed by atoms with Gasteiger partial charge in [0, 0.05) is 40.8 Å². The molecule has 1 saturated heterocycles. The molecular weight excluding hydrogens is 399 g/mol. The lowest BCUT2D eigenvalue weighted by atomic mass is 10.1. The van der Waals surface area contributed by atoms with Crippen molar-refractivity contribution in [3.05, 3.63) is 32.4 Å². The Morgan fingerprint density at radius 3 is 2.48 bits per heavy atom. The fraction of sp³-hybridized carbons (Fsp3) is 0.562. The van der Waals surface area contributed by atoms with E-state index in [9.17, 15) is 4.79 Å². The topological polar surface area (TPSA) is 23.6 Å². The first-order valence-electron chi connectivity index (χ1n) is 7.63. The summed E-state index contributed by atoms with van der Waals surface area (Å²) in [6.07, 6.45) is 5.40. The van der Waals surface area contributed by atoms with Gasteiger partial charge in [0.1, 0.15) is 0 Å². The number of carbonyl (C=O) groups excluding carboxylic acids is 1. The molecule has 0 aromatic heterocycles. The van der Waals surface area contributed by atoms with E-state index in [0.29, 0.717) is 5.02 Å². The van der Waals surface area contributed by atoms with E-state index in [1.807, 2.05) is 17.0 Å². The molecular formula is C16H20ClIN2O. The lowest BCUT2D eigenvalue weighted by Crippen LogP contribution is -2.51. The number of benzene rings is 1. The maximum absolute atomic E-state index is 12.6. The first kappa shape index (κ1) is 15.6. The molecule has 1 aromatic carbocycles. The zero-order valence-electron chi connectivity index (χ0n) is 12.0. The highest BCUT2D eigenvalue weighted by Crippen LogP contribution is 2.25. The molecule has 2 fully saturated rings. The first-order chi connectivity index (χ1) is 10.1. The quantitative estimate of drug-likeness (QED) is 0.685. The van der Waals surface area contributed by atoms with Crippen LogP contribution in [0.1, 0.15) is 36.0 Å². The Morgan fingerprint density at radius 2 is 1.81 bits per heavy atom. The molecule has 0 N–H and O–H groups in total. The van der Waals surface area contributed by atoms with Gasteiger partial charge >= 0.3 is 0 Å². The summed E-state index contributed by atoms with van der Waals surface area (Å²) in [7, 11) is 0. The van der Waals surface area contributed by atoms with Gasteiger partial charge in [-0.1, -0.05) is 24.4 Å². The second kappa shape index (κ2) is 6.84. The molecule has 1 saturated carbocycles. The molecule has 5 heteroatoms. The number of piperazine rings is 1. The minimum atomic E-state index is 0.118. The Hall–Kier alpha value is -0.330. The van der Waals surface area contributed by atoms with Crippen LogP contribution in [-0.4, -0.2) is 47.9 Å². The van der Waals surface area contributed by atoms with Gasteiger partial charge in [-0.05, 0) is 53.6 Å². The number of halogens is 2. The summed E-state index contributed by atoms with van der Waals surface area (Å²) in [6.45, 7) is 3.68. The molecule has 0 bridgehead atoms. The zero-order chi connectivity index (χ0) is 14.8. The van der Waals surface area contributed by atoms with Gasteiger partial charge < -0.3 is 4.90 Å². The van der Waals surface area contributed by atoms with Crippen LogP contribution >= 0.6 is 34.2 Å². The summed E-state index contributed by atoms with van der Waals surface area (Å²) < 4.78 is 0.972. The van der Waals surface area contributed by atoms with Gasteiger partial charge in [0.05, 0.1) is 5.56 Å². The Bertz CT molecular complexity index is 523. The summed E-state index contributed by atoms with van der Waals surface area (Å²) in [5.41, 5.74) is 0.734. The van der Waals surface area contributed by atoms with Gasteiger partial charge in [-0.15, -0.1) is 0 Å². The SMILES string of the molecule is O=C(c1cc(Cl)ccc1I)N1CCN(C2CCCC2)CC1. The average molecular weight is 419 g/mol. The highest BCUT2D eigenvalue weighted by Gasteiger charge is 2.28. The number of rotatable bonds is 2. The Balaban J connectivity index is 1.63. The van der Waals surface area contributed by atoms with Gasteiger partial charge in [-0.3, -0.25) is 9.69 Å². The van der Waals surface area contributed by atoms with Crippen molar-refractivity contribution in [2.75, 3.05) is 26.2 Å². The van der Waals surface area contributed by atoms with Crippen LogP contribution in [-0.2, 0) is 0 Å². The van der Waals surface area contributed by atoms with Crippen molar-refractivity contribution in [3.63, 3.8) is 0 Å². The van der Waals surface area contributed by atoms with Gasteiger partial charge in [0.15, 0.2) is 0 Å². The number of hydrogen-bond acceptors (Lipinski definition) is 2. The molecule has 1 aromatic rings. The molecule has 114 valence electrons. The Kier molecular flexibility index (Phi) is 5.07. The van der Waals surface area contributed by atoms with Crippen LogP contribution in [0, 0.1) is 3.57 Å². The summed E-state index contributed by atoms with van der Waals surface area (Å²) in [5.74, 6) is 0.118. The minimum absolute atomic E-state index is 0.118. The van der Waals surface area contributed by atoms with Crippen LogP contribution in [0.3, 0.4) is 0 Å². The molecule has 1 aliphatic heterocycles. The third-order valence-corrected chi connectivity index (χ3v) is 5.78. The highest BCUT2D eigenvalue weighted by atomic mass is 127. The Labute approximate surface area is 144 Å². The third-order valence-electron chi connectivity index (χ3n) is 4.60. The van der Waals surface area contributed by atoms with E-state index in [1.165, 1.54) is 25.7 Å². The van der Waals surface area contributed by atoms with Crippen molar-refractivity contribution in [2.45, 2.75) is 31.7 Å². The number of carbonyl (C=O) groups is 1. The van der Waals surface area contributed by atoms with E-state index in [2.05, 4.69) is 27.5 Å². The zero-order valence-corrected chi connectivity index (χ0v) is 14.9. The molecule has 3 nitrogen and oxygen atoms in total. The van der Waals surface area contributed by atoms with Crippen LogP contribution < -0.4 is 0 Å². The maximum atomic E-state index is 12.6. The number of hydrogen-bond donors (Lipinski definition) is 0. The highest BCUT2D eigenvalue weighted by molar-refractivity contribution is 14.1. The van der Waals surface area contributed by atoms with Gasteiger partial charge in [0.25, 0.3) is 5.91 Å². The van der Waals surface area contributed by atoms with Crippen LogP contribution in [0.4, 0.5) is 0 Å². The molecule has 3 rings (SSSR count). The van der Waals surface area contributed by atoms with Crippen molar-refractivity contribution in [1.29, 1.82) is 0 Å². The predicted octanol–water partition coefficient (Wildman–Crippen LogP) is 3.65. The van der Waals surface area contributed by atoms with Crippen molar-refractivity contribution in [3.8, 4) is 0 Å². The molecule has 0 unspecified atom stereocenters. The van der Waals surface area contributed by atoms with Crippen LogP contribution in [0.25, 0.3) is 0 Å². The second-order valence-corrected chi connectivity index (χ2v) is 7.49. The molecule has 1 heterocycles. The maximum Gasteiger partial charge on any atom is 0.255 e. The summed E-state index contributed by atoms with van der Waals surface area (Å²) in [6, 6.07) is 6.28. The van der Waals surface area contributed by atoms with E-state index in [1.54, 1.807) is 6.07 Å². The molecule has 0 radical (unpaired) electrons. The molecule has 0 spiro atoms. The van der Waals surface area contributed by atoms with E-state index in [4.69, 9.17) is 11.6 Å². The lowest BCUT2D eigenvalue weighted by molar-refractivity contribution is 0.0572. The molecule has 1 aliphatic carbocycles. The van der Waals surface area contributed by atoms with Crippen molar-refractivity contribution in [2.24, 2.45) is 0 Å². The minimum Gasteiger partial charge on any atom is -0.336 e. The van der Waals surface area contributed by atoms with E-state index in [-0.39, 0.29) is 5.91 Å². The third kappa shape index (κ3) is 3.54. The van der Waals surface area contributed by atoms with Crippen molar-refractivity contribution in [1.82, 2.24) is 9.80 Å². The predicted molar refractivity (Wildman–Crippen MR) is 93.9 cm³/mol. The molecule has 2 aliphatic rings. The summed E-state index contributed by atoms with van der Waals surface area (Å²) in [4.78, 5) is 17.2. The van der Waals surface area contributed by atoms with E-state index < -0.39 is 0 Å². The average Bonchev–Trinajstić information content (AvgIpc) is 3.03. The van der Waals surface area contributed by atoms with Crippen molar-refractivity contribution < 1.29 is 4.79 Å². The fourth-order valence-corrected chi connectivity index (χ4v) is 4.13. The van der Waals surface area contributed by atoms with Crippen LogP contribution in [0.15, 0.2) is 18.2 Å². The molecule has 0 atom stereocenters. The van der Waals surface area contributed by atoms with Gasteiger partial charge in [-0.2, -0.15) is 0 Å². The van der Waals surface area contributed by atoms with Crippen LogP contribution in [0.2, 0.25) is 5.02 Å². The largest absolute Gasteiger partial charge is 0.336 e. The fourth-order valence-electron chi connectivity index (χ4n) is 3.39. The normalized spacial score (nSPS) is 21.0. The molecule has 21 heavy (non-hydrogen) atoms. The van der Waals surface area contributed by atoms with Gasteiger partial charge in [-0.25, -0.2) is 0 Å².